The van der Waals surface area contributed by atoms with E-state index in [1.165, 1.54) is 27.3 Å². The van der Waals surface area contributed by atoms with Gasteiger partial charge in [-0.05, 0) is 50.2 Å². The van der Waals surface area contributed by atoms with Crippen molar-refractivity contribution in [2.24, 2.45) is 0 Å². The van der Waals surface area contributed by atoms with Crippen LogP contribution >= 0.6 is 11.3 Å². The fourth-order valence-electron chi connectivity index (χ4n) is 1.79. The number of carbonyl (C=O) groups is 1. The third-order valence-electron chi connectivity index (χ3n) is 2.98. The molecule has 0 aliphatic heterocycles. The van der Waals surface area contributed by atoms with Crippen molar-refractivity contribution in [1.29, 1.82) is 0 Å². The number of anilines is 1. The summed E-state index contributed by atoms with van der Waals surface area (Å²) < 4.78 is 0. The lowest BCUT2D eigenvalue weighted by molar-refractivity contribution is 0.103. The fourth-order valence-corrected chi connectivity index (χ4v) is 2.72. The van der Waals surface area contributed by atoms with E-state index < -0.39 is 0 Å². The summed E-state index contributed by atoms with van der Waals surface area (Å²) in [4.78, 5) is 14.0. The average Bonchev–Trinajstić information content (AvgIpc) is 2.72. The van der Waals surface area contributed by atoms with Crippen LogP contribution in [-0.2, 0) is 6.54 Å². The molecule has 0 fully saturated rings. The number of hydrogen-bond acceptors (Lipinski definition) is 3. The van der Waals surface area contributed by atoms with Crippen molar-refractivity contribution in [2.75, 3.05) is 12.4 Å². The van der Waals surface area contributed by atoms with Crippen molar-refractivity contribution < 1.29 is 4.79 Å². The highest BCUT2D eigenvalue weighted by molar-refractivity contribution is 7.14. The van der Waals surface area contributed by atoms with Gasteiger partial charge in [0.15, 0.2) is 0 Å². The topological polar surface area (TPSA) is 41.1 Å². The largest absolute Gasteiger partial charge is 0.321 e. The van der Waals surface area contributed by atoms with E-state index >= 15 is 0 Å². The standard InChI is InChI=1S/C15H18N2OS/c1-10-8-14(19-11(10)2)15(18)17-13-6-4-12(5-7-13)9-16-3/h4-8,16H,9H2,1-3H3,(H,17,18). The summed E-state index contributed by atoms with van der Waals surface area (Å²) in [7, 11) is 1.91. The molecule has 100 valence electrons. The normalized spacial score (nSPS) is 10.5. The molecule has 0 radical (unpaired) electrons. The predicted octanol–water partition coefficient (Wildman–Crippen LogP) is 3.34. The van der Waals surface area contributed by atoms with Gasteiger partial charge in [-0.3, -0.25) is 4.79 Å². The summed E-state index contributed by atoms with van der Waals surface area (Å²) in [6.07, 6.45) is 0. The van der Waals surface area contributed by atoms with Crippen LogP contribution in [0, 0.1) is 13.8 Å². The lowest BCUT2D eigenvalue weighted by Gasteiger charge is -2.05. The summed E-state index contributed by atoms with van der Waals surface area (Å²) in [6, 6.07) is 9.81. The molecule has 0 atom stereocenters. The van der Waals surface area contributed by atoms with E-state index in [0.29, 0.717) is 0 Å². The molecule has 2 aromatic rings. The lowest BCUT2D eigenvalue weighted by Crippen LogP contribution is -2.10. The third kappa shape index (κ3) is 3.43. The Morgan fingerprint density at radius 2 is 1.89 bits per heavy atom. The van der Waals surface area contributed by atoms with Crippen LogP contribution in [0.2, 0.25) is 0 Å². The minimum absolute atomic E-state index is 0.0393. The molecular formula is C15H18N2OS. The van der Waals surface area contributed by atoms with Gasteiger partial charge in [-0.25, -0.2) is 0 Å². The first-order chi connectivity index (χ1) is 9.10. The molecule has 0 unspecified atom stereocenters. The van der Waals surface area contributed by atoms with E-state index in [9.17, 15) is 4.79 Å². The van der Waals surface area contributed by atoms with Gasteiger partial charge in [-0.15, -0.1) is 11.3 Å². The molecule has 0 aliphatic carbocycles. The highest BCUT2D eigenvalue weighted by atomic mass is 32.1. The first-order valence-electron chi connectivity index (χ1n) is 6.22. The molecular weight excluding hydrogens is 256 g/mol. The summed E-state index contributed by atoms with van der Waals surface area (Å²) in [6.45, 7) is 4.88. The Labute approximate surface area is 117 Å². The Bertz CT molecular complexity index is 553. The number of rotatable bonds is 4. The van der Waals surface area contributed by atoms with Gasteiger partial charge in [-0.1, -0.05) is 12.1 Å². The Morgan fingerprint density at radius 3 is 2.42 bits per heavy atom. The van der Waals surface area contributed by atoms with Crippen molar-refractivity contribution >= 4 is 22.9 Å². The maximum atomic E-state index is 12.1. The monoisotopic (exact) mass is 274 g/mol. The maximum Gasteiger partial charge on any atom is 0.265 e. The third-order valence-corrected chi connectivity index (χ3v) is 4.13. The second-order valence-corrected chi connectivity index (χ2v) is 5.79. The zero-order valence-electron chi connectivity index (χ0n) is 11.4. The Hall–Kier alpha value is -1.65. The van der Waals surface area contributed by atoms with E-state index in [1.807, 2.05) is 51.2 Å². The van der Waals surface area contributed by atoms with Crippen LogP contribution in [0.4, 0.5) is 5.69 Å². The Kier molecular flexibility index (Phi) is 4.35. The molecule has 0 aliphatic rings. The molecule has 2 rings (SSSR count). The first-order valence-corrected chi connectivity index (χ1v) is 7.03. The number of benzene rings is 1. The molecule has 1 aromatic heterocycles. The molecule has 1 amide bonds. The smallest absolute Gasteiger partial charge is 0.265 e. The van der Waals surface area contributed by atoms with Crippen molar-refractivity contribution in [1.82, 2.24) is 5.32 Å². The molecule has 4 heteroatoms. The SMILES string of the molecule is CNCc1ccc(NC(=O)c2cc(C)c(C)s2)cc1. The minimum atomic E-state index is -0.0393. The van der Waals surface area contributed by atoms with Crippen LogP contribution in [0.25, 0.3) is 0 Å². The maximum absolute atomic E-state index is 12.1. The molecule has 0 saturated carbocycles. The number of nitrogens with one attached hydrogen (secondary N) is 2. The summed E-state index contributed by atoms with van der Waals surface area (Å²) in [5.41, 5.74) is 3.19. The number of amides is 1. The van der Waals surface area contributed by atoms with Gasteiger partial charge >= 0.3 is 0 Å². The van der Waals surface area contributed by atoms with Gasteiger partial charge in [0.25, 0.3) is 5.91 Å². The number of hydrogen-bond donors (Lipinski definition) is 2. The van der Waals surface area contributed by atoms with E-state index in [0.717, 1.165) is 17.1 Å². The van der Waals surface area contributed by atoms with Gasteiger partial charge < -0.3 is 10.6 Å². The van der Waals surface area contributed by atoms with Gasteiger partial charge in [0, 0.05) is 17.1 Å². The Balaban J connectivity index is 2.06. The van der Waals surface area contributed by atoms with Gasteiger partial charge in [0.1, 0.15) is 0 Å². The van der Waals surface area contributed by atoms with Crippen LogP contribution in [-0.4, -0.2) is 13.0 Å². The van der Waals surface area contributed by atoms with Gasteiger partial charge in [0.2, 0.25) is 0 Å². The average molecular weight is 274 g/mol. The van der Waals surface area contributed by atoms with Crippen molar-refractivity contribution in [3.05, 3.63) is 51.2 Å². The van der Waals surface area contributed by atoms with Crippen LogP contribution < -0.4 is 10.6 Å². The van der Waals surface area contributed by atoms with E-state index in [-0.39, 0.29) is 5.91 Å². The molecule has 0 spiro atoms. The highest BCUT2D eigenvalue weighted by Crippen LogP contribution is 2.21. The van der Waals surface area contributed by atoms with Crippen LogP contribution in [0.3, 0.4) is 0 Å². The lowest BCUT2D eigenvalue weighted by atomic mass is 10.2. The highest BCUT2D eigenvalue weighted by Gasteiger charge is 2.10. The number of carbonyl (C=O) groups excluding carboxylic acids is 1. The molecule has 19 heavy (non-hydrogen) atoms. The van der Waals surface area contributed by atoms with Crippen molar-refractivity contribution in [2.45, 2.75) is 20.4 Å². The first kappa shape index (κ1) is 13.8. The van der Waals surface area contributed by atoms with Crippen LogP contribution in [0.5, 0.6) is 0 Å². The summed E-state index contributed by atoms with van der Waals surface area (Å²) in [5, 5.41) is 6.01. The quantitative estimate of drug-likeness (QED) is 0.898. The molecule has 0 bridgehead atoms. The predicted molar refractivity (Wildman–Crippen MR) is 81.0 cm³/mol. The number of aryl methyl sites for hydroxylation is 2. The molecule has 2 N–H and O–H groups in total. The van der Waals surface area contributed by atoms with Crippen molar-refractivity contribution in [3.63, 3.8) is 0 Å². The second kappa shape index (κ2) is 5.99. The van der Waals surface area contributed by atoms with E-state index in [2.05, 4.69) is 10.6 Å². The Morgan fingerprint density at radius 1 is 1.21 bits per heavy atom. The van der Waals surface area contributed by atoms with E-state index in [1.54, 1.807) is 0 Å². The molecule has 1 aromatic carbocycles. The van der Waals surface area contributed by atoms with Crippen LogP contribution in [0.1, 0.15) is 25.7 Å². The zero-order chi connectivity index (χ0) is 13.8. The fraction of sp³-hybridized carbons (Fsp3) is 0.267. The molecule has 1 heterocycles. The zero-order valence-corrected chi connectivity index (χ0v) is 12.2. The minimum Gasteiger partial charge on any atom is -0.321 e. The van der Waals surface area contributed by atoms with E-state index in [4.69, 9.17) is 0 Å². The summed E-state index contributed by atoms with van der Waals surface area (Å²) >= 11 is 1.53. The van der Waals surface area contributed by atoms with Crippen molar-refractivity contribution in [3.8, 4) is 0 Å². The molecule has 0 saturated heterocycles. The van der Waals surface area contributed by atoms with Gasteiger partial charge in [0.05, 0.1) is 4.88 Å². The second-order valence-electron chi connectivity index (χ2n) is 4.53. The number of thiophene rings is 1. The van der Waals surface area contributed by atoms with Crippen LogP contribution in [0.15, 0.2) is 30.3 Å². The summed E-state index contributed by atoms with van der Waals surface area (Å²) in [5.74, 6) is -0.0393. The van der Waals surface area contributed by atoms with Gasteiger partial charge in [-0.2, -0.15) is 0 Å². The molecule has 3 nitrogen and oxygen atoms in total.